The molecular weight excluding hydrogens is 135 g/mol. The molecule has 2 nitrogen and oxygen atoms in total. The summed E-state index contributed by atoms with van der Waals surface area (Å²) >= 11 is 0. The molecule has 0 aromatic carbocycles. The van der Waals surface area contributed by atoms with Gasteiger partial charge in [-0.25, -0.2) is 4.39 Å². The molecular formula is C7H13FO2. The Hall–Kier alpha value is -0.600. The number of ether oxygens (including phenoxy) is 1. The van der Waals surface area contributed by atoms with E-state index >= 15 is 0 Å². The summed E-state index contributed by atoms with van der Waals surface area (Å²) in [7, 11) is 0. The molecule has 10 heavy (non-hydrogen) atoms. The Balaban J connectivity index is 3.26. The molecule has 0 aromatic heterocycles. The molecule has 0 N–H and O–H groups in total. The molecule has 0 fully saturated rings. The van der Waals surface area contributed by atoms with E-state index in [9.17, 15) is 9.18 Å². The Morgan fingerprint density at radius 2 is 2.20 bits per heavy atom. The zero-order valence-corrected chi connectivity index (χ0v) is 6.39. The zero-order valence-electron chi connectivity index (χ0n) is 6.39. The van der Waals surface area contributed by atoms with Crippen LogP contribution < -0.4 is 0 Å². The average molecular weight is 148 g/mol. The first-order valence-corrected chi connectivity index (χ1v) is 3.50. The third-order valence-corrected chi connectivity index (χ3v) is 1.16. The number of esters is 1. The van der Waals surface area contributed by atoms with Gasteiger partial charge in [0.1, 0.15) is 12.8 Å². The fourth-order valence-electron chi connectivity index (χ4n) is 0.403. The lowest BCUT2D eigenvalue weighted by atomic mass is 10.3. The van der Waals surface area contributed by atoms with E-state index in [1.54, 1.807) is 13.8 Å². The number of hydrogen-bond donors (Lipinski definition) is 0. The fraction of sp³-hybridized carbons (Fsp3) is 0.857. The summed E-state index contributed by atoms with van der Waals surface area (Å²) in [5, 5.41) is 0. The van der Waals surface area contributed by atoms with Gasteiger partial charge in [-0.3, -0.25) is 4.79 Å². The van der Waals surface area contributed by atoms with Crippen LogP contribution in [0, 0.1) is 0 Å². The summed E-state index contributed by atoms with van der Waals surface area (Å²) < 4.78 is 16.9. The van der Waals surface area contributed by atoms with Crippen LogP contribution in [0.3, 0.4) is 0 Å². The Bertz CT molecular complexity index is 104. The minimum absolute atomic E-state index is 0.0941. The van der Waals surface area contributed by atoms with Crippen molar-refractivity contribution in [2.75, 3.05) is 6.61 Å². The second-order valence-corrected chi connectivity index (χ2v) is 2.04. The van der Waals surface area contributed by atoms with Gasteiger partial charge in [0.25, 0.3) is 0 Å². The molecule has 0 aromatic rings. The van der Waals surface area contributed by atoms with Crippen LogP contribution in [-0.2, 0) is 9.53 Å². The van der Waals surface area contributed by atoms with Crippen molar-refractivity contribution in [2.24, 2.45) is 0 Å². The minimum Gasteiger partial charge on any atom is -0.463 e. The van der Waals surface area contributed by atoms with E-state index in [4.69, 9.17) is 0 Å². The van der Waals surface area contributed by atoms with Gasteiger partial charge < -0.3 is 4.74 Å². The third-order valence-electron chi connectivity index (χ3n) is 1.16. The van der Waals surface area contributed by atoms with E-state index in [-0.39, 0.29) is 12.6 Å². The molecule has 0 heterocycles. The highest BCUT2D eigenvalue weighted by Crippen LogP contribution is 1.97. The van der Waals surface area contributed by atoms with Crippen LogP contribution in [0.15, 0.2) is 0 Å². The first-order chi connectivity index (χ1) is 4.70. The second kappa shape index (κ2) is 5.21. The number of rotatable bonds is 4. The van der Waals surface area contributed by atoms with Gasteiger partial charge in [0, 0.05) is 6.42 Å². The van der Waals surface area contributed by atoms with Crippen LogP contribution >= 0.6 is 0 Å². The van der Waals surface area contributed by atoms with Gasteiger partial charge in [-0.1, -0.05) is 13.8 Å². The van der Waals surface area contributed by atoms with Gasteiger partial charge in [-0.2, -0.15) is 0 Å². The fourth-order valence-corrected chi connectivity index (χ4v) is 0.403. The van der Waals surface area contributed by atoms with Crippen LogP contribution in [0.4, 0.5) is 4.39 Å². The lowest BCUT2D eigenvalue weighted by Crippen LogP contribution is -2.13. The molecule has 0 rings (SSSR count). The molecule has 0 aliphatic rings. The van der Waals surface area contributed by atoms with Crippen molar-refractivity contribution in [3.05, 3.63) is 0 Å². The van der Waals surface area contributed by atoms with Gasteiger partial charge in [0.05, 0.1) is 0 Å². The minimum atomic E-state index is -1.00. The van der Waals surface area contributed by atoms with Crippen LogP contribution in [-0.4, -0.2) is 18.7 Å². The van der Waals surface area contributed by atoms with Crippen molar-refractivity contribution in [1.29, 1.82) is 0 Å². The lowest BCUT2D eigenvalue weighted by Gasteiger charge is -2.04. The zero-order chi connectivity index (χ0) is 7.98. The van der Waals surface area contributed by atoms with Crippen molar-refractivity contribution in [2.45, 2.75) is 32.9 Å². The molecule has 3 heteroatoms. The molecule has 1 unspecified atom stereocenters. The smallest absolute Gasteiger partial charge is 0.305 e. The lowest BCUT2D eigenvalue weighted by molar-refractivity contribution is -0.145. The Labute approximate surface area is 60.4 Å². The van der Waals surface area contributed by atoms with Gasteiger partial charge in [0.2, 0.25) is 0 Å². The largest absolute Gasteiger partial charge is 0.463 e. The maximum atomic E-state index is 12.4. The maximum absolute atomic E-state index is 12.4. The number of carbonyl (C=O) groups is 1. The monoisotopic (exact) mass is 148 g/mol. The molecule has 0 bridgehead atoms. The van der Waals surface area contributed by atoms with Gasteiger partial charge in [0.15, 0.2) is 0 Å². The maximum Gasteiger partial charge on any atom is 0.305 e. The quantitative estimate of drug-likeness (QED) is 0.567. The first kappa shape index (κ1) is 9.40. The number of carbonyl (C=O) groups excluding carboxylic acids is 1. The van der Waals surface area contributed by atoms with E-state index in [0.29, 0.717) is 12.8 Å². The standard InChI is InChI=1S/C7H13FO2/c1-3-6(8)5-10-7(9)4-2/h6H,3-5H2,1-2H3. The molecule has 1 atom stereocenters. The van der Waals surface area contributed by atoms with Crippen molar-refractivity contribution >= 4 is 5.97 Å². The van der Waals surface area contributed by atoms with Gasteiger partial charge in [-0.15, -0.1) is 0 Å². The molecule has 60 valence electrons. The van der Waals surface area contributed by atoms with Crippen LogP contribution in [0.1, 0.15) is 26.7 Å². The average Bonchev–Trinajstić information content (AvgIpc) is 1.99. The van der Waals surface area contributed by atoms with Crippen molar-refractivity contribution in [3.8, 4) is 0 Å². The van der Waals surface area contributed by atoms with Crippen molar-refractivity contribution < 1.29 is 13.9 Å². The van der Waals surface area contributed by atoms with E-state index < -0.39 is 6.17 Å². The van der Waals surface area contributed by atoms with E-state index in [2.05, 4.69) is 4.74 Å². The summed E-state index contributed by atoms with van der Waals surface area (Å²) in [6.07, 6.45) is -0.288. The summed E-state index contributed by atoms with van der Waals surface area (Å²) in [6, 6.07) is 0. The summed E-state index contributed by atoms with van der Waals surface area (Å²) in [4.78, 5) is 10.4. The summed E-state index contributed by atoms with van der Waals surface area (Å²) in [5.74, 6) is -0.337. The first-order valence-electron chi connectivity index (χ1n) is 3.50. The Morgan fingerprint density at radius 1 is 1.60 bits per heavy atom. The molecule has 0 spiro atoms. The Morgan fingerprint density at radius 3 is 2.60 bits per heavy atom. The predicted octanol–water partition coefficient (Wildman–Crippen LogP) is 1.69. The van der Waals surface area contributed by atoms with Gasteiger partial charge in [-0.05, 0) is 6.42 Å². The topological polar surface area (TPSA) is 26.3 Å². The van der Waals surface area contributed by atoms with Crippen LogP contribution in [0.2, 0.25) is 0 Å². The molecule has 0 saturated carbocycles. The second-order valence-electron chi connectivity index (χ2n) is 2.04. The third kappa shape index (κ3) is 4.30. The van der Waals surface area contributed by atoms with Crippen molar-refractivity contribution in [3.63, 3.8) is 0 Å². The number of alkyl halides is 1. The van der Waals surface area contributed by atoms with Gasteiger partial charge >= 0.3 is 5.97 Å². The van der Waals surface area contributed by atoms with E-state index in [0.717, 1.165) is 0 Å². The SMILES string of the molecule is CCC(=O)OCC(F)CC. The highest BCUT2D eigenvalue weighted by Gasteiger charge is 2.05. The van der Waals surface area contributed by atoms with Crippen LogP contribution in [0.25, 0.3) is 0 Å². The molecule has 0 radical (unpaired) electrons. The van der Waals surface area contributed by atoms with Crippen molar-refractivity contribution in [1.82, 2.24) is 0 Å². The molecule has 0 saturated heterocycles. The highest BCUT2D eigenvalue weighted by atomic mass is 19.1. The molecule has 0 amide bonds. The van der Waals surface area contributed by atoms with E-state index in [1.807, 2.05) is 0 Å². The van der Waals surface area contributed by atoms with E-state index in [1.165, 1.54) is 0 Å². The predicted molar refractivity (Wildman–Crippen MR) is 36.4 cm³/mol. The van der Waals surface area contributed by atoms with Crippen LogP contribution in [0.5, 0.6) is 0 Å². The number of hydrogen-bond acceptors (Lipinski definition) is 2. The Kier molecular flexibility index (Phi) is 4.89. The highest BCUT2D eigenvalue weighted by molar-refractivity contribution is 5.68. The molecule has 0 aliphatic carbocycles. The number of halogens is 1. The summed E-state index contributed by atoms with van der Waals surface area (Å²) in [6.45, 7) is 3.30. The summed E-state index contributed by atoms with van der Waals surface area (Å²) in [5.41, 5.74) is 0. The molecule has 0 aliphatic heterocycles. The normalized spacial score (nSPS) is 12.7.